The van der Waals surface area contributed by atoms with Gasteiger partial charge in [0.1, 0.15) is 0 Å². The van der Waals surface area contributed by atoms with Crippen molar-refractivity contribution in [1.29, 1.82) is 5.41 Å². The molecule has 112 valence electrons. The minimum Gasteiger partial charge on any atom is -0.266 e. The van der Waals surface area contributed by atoms with Crippen molar-refractivity contribution in [1.82, 2.24) is 10.9 Å². The van der Waals surface area contributed by atoms with Crippen LogP contribution in [-0.4, -0.2) is 18.4 Å². The normalized spacial score (nSPS) is 11.0. The fourth-order valence-electron chi connectivity index (χ4n) is 1.54. The molecule has 0 spiro atoms. The zero-order valence-electron chi connectivity index (χ0n) is 11.4. The smallest absolute Gasteiger partial charge is 0.230 e. The highest BCUT2D eigenvalue weighted by atomic mass is 79.9. The second-order valence-electron chi connectivity index (χ2n) is 4.23. The predicted octanol–water partition coefficient (Wildman–Crippen LogP) is 3.69. The molecule has 7 heteroatoms. The van der Waals surface area contributed by atoms with Gasteiger partial charge in [-0.1, -0.05) is 56.1 Å². The van der Waals surface area contributed by atoms with Crippen LogP contribution in [0.5, 0.6) is 0 Å². The van der Waals surface area contributed by atoms with E-state index < -0.39 is 0 Å². The zero-order valence-corrected chi connectivity index (χ0v) is 14.6. The van der Waals surface area contributed by atoms with Crippen molar-refractivity contribution >= 4 is 50.2 Å². The third kappa shape index (κ3) is 5.79. The van der Waals surface area contributed by atoms with E-state index in [1.165, 1.54) is 0 Å². The Bertz CT molecular complexity index is 653. The van der Waals surface area contributed by atoms with Gasteiger partial charge in [-0.2, -0.15) is 10.2 Å². The van der Waals surface area contributed by atoms with Gasteiger partial charge in [-0.3, -0.25) is 5.41 Å². The summed E-state index contributed by atoms with van der Waals surface area (Å²) >= 11 is 6.77. The van der Waals surface area contributed by atoms with Gasteiger partial charge in [-0.15, -0.1) is 0 Å². The highest BCUT2D eigenvalue weighted by Gasteiger charge is 1.92. The predicted molar refractivity (Wildman–Crippen MR) is 97.5 cm³/mol. The fraction of sp³-hybridized carbons (Fsp3) is 0. The summed E-state index contributed by atoms with van der Waals surface area (Å²) < 4.78 is 1.95. The van der Waals surface area contributed by atoms with E-state index in [0.29, 0.717) is 0 Å². The molecule has 0 radical (unpaired) electrons. The van der Waals surface area contributed by atoms with E-state index in [1.54, 1.807) is 12.4 Å². The monoisotopic (exact) mass is 421 g/mol. The lowest BCUT2D eigenvalue weighted by molar-refractivity contribution is 0.893. The Morgan fingerprint density at radius 3 is 1.73 bits per heavy atom. The van der Waals surface area contributed by atoms with Crippen LogP contribution in [0, 0.1) is 5.41 Å². The topological polar surface area (TPSA) is 72.6 Å². The van der Waals surface area contributed by atoms with E-state index in [-0.39, 0.29) is 5.96 Å². The van der Waals surface area contributed by atoms with Crippen molar-refractivity contribution in [2.24, 2.45) is 10.2 Å². The Kier molecular flexibility index (Phi) is 6.29. The molecule has 5 nitrogen and oxygen atoms in total. The minimum atomic E-state index is -0.0162. The van der Waals surface area contributed by atoms with Gasteiger partial charge in [0.05, 0.1) is 12.4 Å². The van der Waals surface area contributed by atoms with Crippen LogP contribution < -0.4 is 10.9 Å². The largest absolute Gasteiger partial charge is 0.266 e. The van der Waals surface area contributed by atoms with Crippen LogP contribution in [0.2, 0.25) is 0 Å². The number of nitrogens with one attached hydrogen (secondary N) is 3. The number of nitrogens with zero attached hydrogens (tertiary/aromatic N) is 2. The number of hydrogen-bond donors (Lipinski definition) is 3. The Labute approximate surface area is 145 Å². The van der Waals surface area contributed by atoms with Crippen LogP contribution in [0.1, 0.15) is 11.1 Å². The summed E-state index contributed by atoms with van der Waals surface area (Å²) in [6.07, 6.45) is 3.25. The van der Waals surface area contributed by atoms with Crippen molar-refractivity contribution in [2.75, 3.05) is 0 Å². The molecule has 0 fully saturated rings. The highest BCUT2D eigenvalue weighted by molar-refractivity contribution is 9.10. The number of hydrazone groups is 2. The van der Waals surface area contributed by atoms with Crippen molar-refractivity contribution in [2.45, 2.75) is 0 Å². The molecule has 2 rings (SSSR count). The van der Waals surface area contributed by atoms with E-state index in [2.05, 4.69) is 52.9 Å². The molecule has 0 aromatic heterocycles. The summed E-state index contributed by atoms with van der Waals surface area (Å²) in [6, 6.07) is 15.4. The zero-order chi connectivity index (χ0) is 15.8. The number of benzene rings is 2. The van der Waals surface area contributed by atoms with Crippen LogP contribution in [0.25, 0.3) is 0 Å². The molecule has 0 atom stereocenters. The first kappa shape index (κ1) is 16.4. The molecule has 0 aliphatic rings. The van der Waals surface area contributed by atoms with E-state index in [0.717, 1.165) is 20.1 Å². The molecule has 0 aliphatic heterocycles. The average molecular weight is 423 g/mol. The van der Waals surface area contributed by atoms with E-state index in [1.807, 2.05) is 48.5 Å². The number of rotatable bonds is 4. The molecule has 0 bridgehead atoms. The van der Waals surface area contributed by atoms with Crippen LogP contribution in [0.3, 0.4) is 0 Å². The lowest BCUT2D eigenvalue weighted by Crippen LogP contribution is -2.29. The van der Waals surface area contributed by atoms with Crippen molar-refractivity contribution in [3.8, 4) is 0 Å². The quantitative estimate of drug-likeness (QED) is 0.399. The summed E-state index contributed by atoms with van der Waals surface area (Å²) in [7, 11) is 0. The maximum atomic E-state index is 7.64. The summed E-state index contributed by atoms with van der Waals surface area (Å²) in [6.45, 7) is 0. The van der Waals surface area contributed by atoms with E-state index >= 15 is 0 Å². The summed E-state index contributed by atoms with van der Waals surface area (Å²) in [5, 5.41) is 15.6. The molecule has 0 aliphatic carbocycles. The lowest BCUT2D eigenvalue weighted by Gasteiger charge is -2.01. The number of halogens is 2. The molecule has 0 saturated heterocycles. The molecule has 2 aromatic carbocycles. The molecule has 0 saturated carbocycles. The first-order valence-corrected chi connectivity index (χ1v) is 7.90. The Hall–Kier alpha value is -1.99. The van der Waals surface area contributed by atoms with Crippen molar-refractivity contribution < 1.29 is 0 Å². The maximum absolute atomic E-state index is 7.64. The van der Waals surface area contributed by atoms with Crippen LogP contribution >= 0.6 is 31.9 Å². The van der Waals surface area contributed by atoms with Gasteiger partial charge in [-0.05, 0) is 35.4 Å². The van der Waals surface area contributed by atoms with Gasteiger partial charge in [0.25, 0.3) is 0 Å². The highest BCUT2D eigenvalue weighted by Crippen LogP contribution is 2.10. The number of guanidine groups is 1. The van der Waals surface area contributed by atoms with Gasteiger partial charge < -0.3 is 0 Å². The third-order valence-corrected chi connectivity index (χ3v) is 3.46. The number of hydrogen-bond acceptors (Lipinski definition) is 3. The molecule has 0 heterocycles. The maximum Gasteiger partial charge on any atom is 0.230 e. The summed E-state index contributed by atoms with van der Waals surface area (Å²) in [4.78, 5) is 0. The molecule has 22 heavy (non-hydrogen) atoms. The van der Waals surface area contributed by atoms with E-state index in [4.69, 9.17) is 5.41 Å². The van der Waals surface area contributed by atoms with Crippen LogP contribution in [0.15, 0.2) is 67.7 Å². The summed E-state index contributed by atoms with van der Waals surface area (Å²) in [5.74, 6) is -0.0162. The molecular weight excluding hydrogens is 410 g/mol. The lowest BCUT2D eigenvalue weighted by atomic mass is 10.2. The Balaban J connectivity index is 1.81. The molecular formula is C15H13Br2N5. The first-order valence-electron chi connectivity index (χ1n) is 6.31. The van der Waals surface area contributed by atoms with Gasteiger partial charge >= 0.3 is 0 Å². The van der Waals surface area contributed by atoms with Crippen LogP contribution in [-0.2, 0) is 0 Å². The standard InChI is InChI=1S/C15H13Br2N5/c16-13-5-1-3-11(7-13)9-19-21-15(18)22-20-10-12-4-2-6-14(17)8-12/h1-10H,(H3,18,21,22)/b19-9+,20-10+. The average Bonchev–Trinajstić information content (AvgIpc) is 2.47. The molecule has 3 N–H and O–H groups in total. The molecule has 2 aromatic rings. The van der Waals surface area contributed by atoms with Crippen LogP contribution in [0.4, 0.5) is 0 Å². The van der Waals surface area contributed by atoms with Crippen molar-refractivity contribution in [3.63, 3.8) is 0 Å². The van der Waals surface area contributed by atoms with Gasteiger partial charge in [0.15, 0.2) is 0 Å². The SMILES string of the molecule is N=C(N/N=C/c1cccc(Br)c1)N/N=C/c1cccc(Br)c1. The van der Waals surface area contributed by atoms with Gasteiger partial charge in [0, 0.05) is 8.95 Å². The third-order valence-electron chi connectivity index (χ3n) is 2.48. The first-order chi connectivity index (χ1) is 10.6. The second kappa shape index (κ2) is 8.45. The second-order valence-corrected chi connectivity index (χ2v) is 6.06. The minimum absolute atomic E-state index is 0.0162. The van der Waals surface area contributed by atoms with Gasteiger partial charge in [0.2, 0.25) is 5.96 Å². The Morgan fingerprint density at radius 1 is 0.864 bits per heavy atom. The van der Waals surface area contributed by atoms with E-state index in [9.17, 15) is 0 Å². The fourth-order valence-corrected chi connectivity index (χ4v) is 2.38. The van der Waals surface area contributed by atoms with Crippen molar-refractivity contribution in [3.05, 3.63) is 68.6 Å². The molecule has 0 unspecified atom stereocenters. The van der Waals surface area contributed by atoms with Gasteiger partial charge in [-0.25, -0.2) is 10.9 Å². The molecule has 0 amide bonds. The Morgan fingerprint density at radius 2 is 1.32 bits per heavy atom. The summed E-state index contributed by atoms with van der Waals surface area (Å²) in [5.41, 5.74) is 6.95.